The maximum atomic E-state index is 14.4. The standard InChI is InChI=1S/C16H17FN2O4/c1-16(2,3)8-6-12-11(7-9(8)17)19(15(22)23-12)10-4-5-13(20)18-14(10)21/h6-7,10H,4-5H2,1-3H3,(H,18,20,21). The third-order valence-corrected chi connectivity index (χ3v) is 4.03. The molecule has 0 saturated carbocycles. The molecule has 1 fully saturated rings. The molecule has 3 rings (SSSR count). The summed E-state index contributed by atoms with van der Waals surface area (Å²) in [5, 5.41) is 2.19. The minimum Gasteiger partial charge on any atom is -0.408 e. The van der Waals surface area contributed by atoms with Gasteiger partial charge in [-0.2, -0.15) is 0 Å². The number of carbonyl (C=O) groups is 2. The summed E-state index contributed by atoms with van der Waals surface area (Å²) >= 11 is 0. The van der Waals surface area contributed by atoms with Crippen LogP contribution >= 0.6 is 0 Å². The third kappa shape index (κ3) is 2.56. The summed E-state index contributed by atoms with van der Waals surface area (Å²) in [4.78, 5) is 35.4. The lowest BCUT2D eigenvalue weighted by Crippen LogP contribution is -2.43. The maximum absolute atomic E-state index is 14.4. The molecule has 0 radical (unpaired) electrons. The molecule has 2 amide bonds. The number of halogens is 1. The van der Waals surface area contributed by atoms with Gasteiger partial charge in [0.05, 0.1) is 5.52 Å². The number of hydrogen-bond donors (Lipinski definition) is 1. The predicted octanol–water partition coefficient (Wildman–Crippen LogP) is 2.01. The number of amides is 2. The molecule has 7 heteroatoms. The van der Waals surface area contributed by atoms with Crippen LogP contribution in [0.15, 0.2) is 21.3 Å². The largest absolute Gasteiger partial charge is 0.420 e. The number of aromatic nitrogens is 1. The Morgan fingerprint density at radius 1 is 1.26 bits per heavy atom. The molecular weight excluding hydrogens is 303 g/mol. The predicted molar refractivity (Wildman–Crippen MR) is 80.6 cm³/mol. The monoisotopic (exact) mass is 320 g/mol. The normalized spacial score (nSPS) is 19.2. The fourth-order valence-corrected chi connectivity index (χ4v) is 2.85. The van der Waals surface area contributed by atoms with Crippen LogP contribution in [-0.2, 0) is 15.0 Å². The highest BCUT2D eigenvalue weighted by atomic mass is 19.1. The zero-order chi connectivity index (χ0) is 16.9. The van der Waals surface area contributed by atoms with E-state index >= 15 is 0 Å². The molecule has 1 aromatic carbocycles. The van der Waals surface area contributed by atoms with Gasteiger partial charge < -0.3 is 4.42 Å². The van der Waals surface area contributed by atoms with Crippen LogP contribution < -0.4 is 11.1 Å². The van der Waals surface area contributed by atoms with Crippen molar-refractivity contribution in [3.63, 3.8) is 0 Å². The van der Waals surface area contributed by atoms with E-state index in [-0.39, 0.29) is 29.8 Å². The molecule has 1 saturated heterocycles. The smallest absolute Gasteiger partial charge is 0.408 e. The number of fused-ring (bicyclic) bond motifs is 1. The van der Waals surface area contributed by atoms with E-state index in [1.807, 2.05) is 20.8 Å². The molecule has 0 bridgehead atoms. The Balaban J connectivity index is 2.18. The second-order valence-electron chi connectivity index (χ2n) is 6.75. The van der Waals surface area contributed by atoms with Crippen molar-refractivity contribution in [1.29, 1.82) is 0 Å². The number of piperidine rings is 1. The molecule has 23 heavy (non-hydrogen) atoms. The lowest BCUT2D eigenvalue weighted by Gasteiger charge is -2.22. The first-order valence-electron chi connectivity index (χ1n) is 7.37. The van der Waals surface area contributed by atoms with Gasteiger partial charge in [-0.25, -0.2) is 9.18 Å². The fourth-order valence-electron chi connectivity index (χ4n) is 2.85. The van der Waals surface area contributed by atoms with Gasteiger partial charge in [0.1, 0.15) is 11.9 Å². The van der Waals surface area contributed by atoms with E-state index < -0.39 is 28.9 Å². The van der Waals surface area contributed by atoms with Crippen molar-refractivity contribution in [2.45, 2.75) is 45.1 Å². The van der Waals surface area contributed by atoms with Crippen LogP contribution in [0.1, 0.15) is 45.2 Å². The summed E-state index contributed by atoms with van der Waals surface area (Å²) in [7, 11) is 0. The van der Waals surface area contributed by atoms with Gasteiger partial charge in [0.25, 0.3) is 0 Å². The highest BCUT2D eigenvalue weighted by molar-refractivity contribution is 6.00. The van der Waals surface area contributed by atoms with Gasteiger partial charge in [0, 0.05) is 12.5 Å². The summed E-state index contributed by atoms with van der Waals surface area (Å²) in [5.74, 6) is -2.16. The lowest BCUT2D eigenvalue weighted by molar-refractivity contribution is -0.135. The summed E-state index contributed by atoms with van der Waals surface area (Å²) in [6.45, 7) is 5.56. The Labute approximate surface area is 131 Å². The molecule has 6 nitrogen and oxygen atoms in total. The van der Waals surface area contributed by atoms with Crippen LogP contribution in [0.2, 0.25) is 0 Å². The van der Waals surface area contributed by atoms with Gasteiger partial charge in [-0.3, -0.25) is 19.5 Å². The van der Waals surface area contributed by atoms with Crippen molar-refractivity contribution in [2.24, 2.45) is 0 Å². The van der Waals surface area contributed by atoms with Crippen molar-refractivity contribution in [3.8, 4) is 0 Å². The van der Waals surface area contributed by atoms with E-state index in [1.165, 1.54) is 12.1 Å². The first-order chi connectivity index (χ1) is 10.7. The number of benzene rings is 1. The average Bonchev–Trinajstić information content (AvgIpc) is 2.72. The van der Waals surface area contributed by atoms with E-state index in [9.17, 15) is 18.8 Å². The molecule has 0 spiro atoms. The molecule has 122 valence electrons. The molecule has 2 heterocycles. The van der Waals surface area contributed by atoms with Crippen molar-refractivity contribution < 1.29 is 18.4 Å². The molecule has 1 aliphatic heterocycles. The zero-order valence-corrected chi connectivity index (χ0v) is 13.1. The van der Waals surface area contributed by atoms with Gasteiger partial charge in [0.15, 0.2) is 5.58 Å². The lowest BCUT2D eigenvalue weighted by atomic mass is 9.86. The summed E-state index contributed by atoms with van der Waals surface area (Å²) in [6, 6.07) is 1.83. The van der Waals surface area contributed by atoms with Crippen molar-refractivity contribution in [2.75, 3.05) is 0 Å². The molecule has 1 unspecified atom stereocenters. The first kappa shape index (κ1) is 15.5. The van der Waals surface area contributed by atoms with Gasteiger partial charge in [-0.15, -0.1) is 0 Å². The second kappa shape index (κ2) is 5.04. The first-order valence-corrected chi connectivity index (χ1v) is 7.37. The second-order valence-corrected chi connectivity index (χ2v) is 6.75. The van der Waals surface area contributed by atoms with Crippen LogP contribution in [0.5, 0.6) is 0 Å². The van der Waals surface area contributed by atoms with E-state index in [2.05, 4.69) is 5.32 Å². The minimum absolute atomic E-state index is 0.123. The molecule has 1 aliphatic rings. The Bertz CT molecular complexity index is 873. The minimum atomic E-state index is -0.874. The number of imide groups is 1. The Morgan fingerprint density at radius 3 is 2.57 bits per heavy atom. The number of nitrogens with one attached hydrogen (secondary N) is 1. The van der Waals surface area contributed by atoms with Crippen LogP contribution in [0.25, 0.3) is 11.1 Å². The van der Waals surface area contributed by atoms with Crippen LogP contribution in [0.3, 0.4) is 0 Å². The number of carbonyl (C=O) groups excluding carboxylic acids is 2. The summed E-state index contributed by atoms with van der Waals surface area (Å²) < 4.78 is 20.7. The van der Waals surface area contributed by atoms with Crippen LogP contribution in [-0.4, -0.2) is 16.4 Å². The quantitative estimate of drug-likeness (QED) is 0.815. The van der Waals surface area contributed by atoms with Crippen LogP contribution in [0.4, 0.5) is 4.39 Å². The average molecular weight is 320 g/mol. The van der Waals surface area contributed by atoms with Crippen molar-refractivity contribution in [1.82, 2.24) is 9.88 Å². The molecule has 1 atom stereocenters. The maximum Gasteiger partial charge on any atom is 0.420 e. The van der Waals surface area contributed by atoms with Crippen molar-refractivity contribution >= 4 is 22.9 Å². The van der Waals surface area contributed by atoms with Gasteiger partial charge in [-0.1, -0.05) is 20.8 Å². The highest BCUT2D eigenvalue weighted by Crippen LogP contribution is 2.30. The Hall–Kier alpha value is -2.44. The Kier molecular flexibility index (Phi) is 3.39. The number of hydrogen-bond acceptors (Lipinski definition) is 4. The number of nitrogens with zero attached hydrogens (tertiary/aromatic N) is 1. The zero-order valence-electron chi connectivity index (χ0n) is 13.1. The van der Waals surface area contributed by atoms with E-state index in [0.717, 1.165) is 4.57 Å². The van der Waals surface area contributed by atoms with Crippen LogP contribution in [0, 0.1) is 5.82 Å². The molecule has 0 aliphatic carbocycles. The Morgan fingerprint density at radius 2 is 1.96 bits per heavy atom. The summed E-state index contributed by atoms with van der Waals surface area (Å²) in [5.41, 5.74) is 0.420. The van der Waals surface area contributed by atoms with Crippen molar-refractivity contribution in [3.05, 3.63) is 34.1 Å². The SMILES string of the molecule is CC(C)(C)c1cc2oc(=O)n(C3CCC(=O)NC3=O)c2cc1F. The topological polar surface area (TPSA) is 81.3 Å². The molecule has 2 aromatic rings. The number of oxazole rings is 1. The number of rotatable bonds is 1. The van der Waals surface area contributed by atoms with Gasteiger partial charge in [0.2, 0.25) is 11.8 Å². The van der Waals surface area contributed by atoms with E-state index in [0.29, 0.717) is 5.56 Å². The van der Waals surface area contributed by atoms with Gasteiger partial charge in [-0.05, 0) is 23.5 Å². The van der Waals surface area contributed by atoms with E-state index in [4.69, 9.17) is 4.42 Å². The highest BCUT2D eigenvalue weighted by Gasteiger charge is 2.32. The molecule has 1 N–H and O–H groups in total. The molecule has 1 aromatic heterocycles. The summed E-state index contributed by atoms with van der Waals surface area (Å²) in [6.07, 6.45) is 0.305. The third-order valence-electron chi connectivity index (χ3n) is 4.03. The van der Waals surface area contributed by atoms with E-state index in [1.54, 1.807) is 0 Å². The fraction of sp³-hybridized carbons (Fsp3) is 0.438. The molecular formula is C16H17FN2O4. The van der Waals surface area contributed by atoms with Gasteiger partial charge >= 0.3 is 5.76 Å².